The molecule has 0 aromatic carbocycles. The van der Waals surface area contributed by atoms with Gasteiger partial charge in [-0.25, -0.2) is 0 Å². The molecular weight excluding hydrogens is 285 g/mol. The average Bonchev–Trinajstić information content (AvgIpc) is 2.37. The van der Waals surface area contributed by atoms with Crippen LogP contribution in [0.1, 0.15) is 31.9 Å². The molecule has 0 amide bonds. The maximum atomic E-state index is 12.7. The zero-order valence-electron chi connectivity index (χ0n) is 11.7. The van der Waals surface area contributed by atoms with Crippen molar-refractivity contribution in [3.8, 4) is 0 Å². The average molecular weight is 302 g/mol. The molecule has 1 aromatic heterocycles. The number of alkyl halides is 3. The second-order valence-corrected chi connectivity index (χ2v) is 5.77. The van der Waals surface area contributed by atoms with E-state index in [0.29, 0.717) is 31.6 Å². The number of carboxylic acid groups (broad SMARTS) is 1. The molecule has 116 valence electrons. The Kier molecular flexibility index (Phi) is 4.11. The van der Waals surface area contributed by atoms with E-state index in [1.807, 2.05) is 11.8 Å². The number of aromatic nitrogens is 1. The predicted octanol–water partition coefficient (Wildman–Crippen LogP) is 3.18. The van der Waals surface area contributed by atoms with Crippen LogP contribution in [0.5, 0.6) is 0 Å². The van der Waals surface area contributed by atoms with E-state index in [1.54, 1.807) is 6.07 Å². The van der Waals surface area contributed by atoms with Crippen LogP contribution in [0.2, 0.25) is 0 Å². The molecule has 1 saturated heterocycles. The van der Waals surface area contributed by atoms with E-state index in [9.17, 15) is 18.0 Å². The van der Waals surface area contributed by atoms with Crippen LogP contribution >= 0.6 is 0 Å². The fraction of sp³-hybridized carbons (Fsp3) is 0.571. The van der Waals surface area contributed by atoms with Crippen LogP contribution in [0.3, 0.4) is 0 Å². The molecule has 1 aliphatic heterocycles. The number of aliphatic carboxylic acids is 1. The van der Waals surface area contributed by atoms with Crippen molar-refractivity contribution in [1.29, 1.82) is 0 Å². The van der Waals surface area contributed by atoms with Crippen molar-refractivity contribution in [2.75, 3.05) is 18.0 Å². The van der Waals surface area contributed by atoms with Crippen molar-refractivity contribution in [1.82, 2.24) is 4.98 Å². The van der Waals surface area contributed by atoms with Crippen LogP contribution in [0.15, 0.2) is 18.3 Å². The summed E-state index contributed by atoms with van der Waals surface area (Å²) in [5.74, 6) is -0.839. The molecule has 2 rings (SSSR count). The molecular formula is C14H17F3N2O2. The van der Waals surface area contributed by atoms with Gasteiger partial charge >= 0.3 is 12.1 Å². The molecule has 0 aliphatic carbocycles. The number of nitrogens with zero attached hydrogens (tertiary/aromatic N) is 2. The van der Waals surface area contributed by atoms with Crippen molar-refractivity contribution in [2.45, 2.75) is 32.4 Å². The van der Waals surface area contributed by atoms with Gasteiger partial charge in [0.2, 0.25) is 0 Å². The van der Waals surface area contributed by atoms with Crippen LogP contribution in [0, 0.1) is 5.41 Å². The molecule has 0 radical (unpaired) electrons. The Bertz CT molecular complexity index is 523. The number of piperidine rings is 1. The number of pyridine rings is 1. The number of anilines is 1. The summed E-state index contributed by atoms with van der Waals surface area (Å²) in [5, 5.41) is 8.89. The third-order valence-corrected chi connectivity index (χ3v) is 3.95. The summed E-state index contributed by atoms with van der Waals surface area (Å²) in [7, 11) is 0. The largest absolute Gasteiger partial charge is 0.481 e. The second-order valence-electron chi connectivity index (χ2n) is 5.77. The molecule has 1 aromatic rings. The number of halogens is 3. The van der Waals surface area contributed by atoms with Gasteiger partial charge in [-0.15, -0.1) is 0 Å². The van der Waals surface area contributed by atoms with E-state index in [2.05, 4.69) is 4.98 Å². The van der Waals surface area contributed by atoms with E-state index in [-0.39, 0.29) is 11.8 Å². The van der Waals surface area contributed by atoms with Crippen molar-refractivity contribution < 1.29 is 23.1 Å². The molecule has 1 fully saturated rings. The monoisotopic (exact) mass is 302 g/mol. The highest BCUT2D eigenvalue weighted by molar-refractivity contribution is 5.67. The van der Waals surface area contributed by atoms with Gasteiger partial charge in [0.05, 0.1) is 6.42 Å². The second kappa shape index (κ2) is 5.54. The van der Waals surface area contributed by atoms with E-state index in [4.69, 9.17) is 5.11 Å². The summed E-state index contributed by atoms with van der Waals surface area (Å²) >= 11 is 0. The Morgan fingerprint density at radius 3 is 2.57 bits per heavy atom. The van der Waals surface area contributed by atoms with Gasteiger partial charge in [-0.3, -0.25) is 9.78 Å². The standard InChI is InChI=1S/C14H17F3N2O2/c1-13(9-12(20)21)3-6-19(7-4-13)10-2-5-18-11(8-10)14(15,16)17/h2,5,8H,3-4,6-7,9H2,1H3,(H,20,21). The van der Waals surface area contributed by atoms with Gasteiger partial charge in [0.25, 0.3) is 0 Å². The molecule has 0 bridgehead atoms. The lowest BCUT2D eigenvalue weighted by atomic mass is 9.77. The van der Waals surface area contributed by atoms with E-state index in [1.165, 1.54) is 0 Å². The third-order valence-electron chi connectivity index (χ3n) is 3.95. The van der Waals surface area contributed by atoms with Crippen LogP contribution in [-0.2, 0) is 11.0 Å². The highest BCUT2D eigenvalue weighted by Gasteiger charge is 2.35. The van der Waals surface area contributed by atoms with Gasteiger partial charge in [-0.1, -0.05) is 6.92 Å². The molecule has 21 heavy (non-hydrogen) atoms. The lowest BCUT2D eigenvalue weighted by Gasteiger charge is -2.39. The zero-order valence-corrected chi connectivity index (χ0v) is 11.7. The molecule has 1 N–H and O–H groups in total. The summed E-state index contributed by atoms with van der Waals surface area (Å²) in [6.07, 6.45) is -1.93. The highest BCUT2D eigenvalue weighted by Crippen LogP contribution is 2.37. The van der Waals surface area contributed by atoms with Crippen LogP contribution < -0.4 is 4.90 Å². The minimum atomic E-state index is -4.45. The molecule has 0 saturated carbocycles. The van der Waals surface area contributed by atoms with Crippen LogP contribution in [0.4, 0.5) is 18.9 Å². The normalized spacial score (nSPS) is 18.6. The molecule has 7 heteroatoms. The minimum absolute atomic E-state index is 0.0883. The van der Waals surface area contributed by atoms with Gasteiger partial charge in [0, 0.05) is 25.0 Å². The maximum absolute atomic E-state index is 12.7. The first-order valence-corrected chi connectivity index (χ1v) is 6.70. The van der Waals surface area contributed by atoms with Gasteiger partial charge < -0.3 is 10.0 Å². The van der Waals surface area contributed by atoms with Gasteiger partial charge in [0.15, 0.2) is 0 Å². The number of rotatable bonds is 3. The topological polar surface area (TPSA) is 53.4 Å². The summed E-state index contributed by atoms with van der Waals surface area (Å²) in [4.78, 5) is 16.0. The lowest BCUT2D eigenvalue weighted by Crippen LogP contribution is -2.39. The Labute approximate surface area is 120 Å². The molecule has 1 aliphatic rings. The number of carboxylic acids is 1. The summed E-state index contributed by atoms with van der Waals surface area (Å²) in [5.41, 5.74) is -0.712. The first-order chi connectivity index (χ1) is 9.70. The van der Waals surface area contributed by atoms with Gasteiger partial charge in [-0.05, 0) is 30.4 Å². The maximum Gasteiger partial charge on any atom is 0.433 e. The summed E-state index contributed by atoms with van der Waals surface area (Å²) in [6.45, 7) is 3.00. The first kappa shape index (κ1) is 15.6. The fourth-order valence-corrected chi connectivity index (χ4v) is 2.62. The Hall–Kier alpha value is -1.79. The first-order valence-electron chi connectivity index (χ1n) is 6.70. The molecule has 0 unspecified atom stereocenters. The van der Waals surface area contributed by atoms with Gasteiger partial charge in [0.1, 0.15) is 5.69 Å². The van der Waals surface area contributed by atoms with Crippen molar-refractivity contribution in [3.63, 3.8) is 0 Å². The zero-order chi connectivity index (χ0) is 15.7. The highest BCUT2D eigenvalue weighted by atomic mass is 19.4. The Morgan fingerprint density at radius 2 is 2.05 bits per heavy atom. The molecule has 0 spiro atoms. The SMILES string of the molecule is CC1(CC(=O)O)CCN(c2ccnc(C(F)(F)F)c2)CC1. The number of hydrogen-bond acceptors (Lipinski definition) is 3. The quantitative estimate of drug-likeness (QED) is 0.931. The van der Waals surface area contributed by atoms with E-state index < -0.39 is 17.8 Å². The van der Waals surface area contributed by atoms with Crippen LogP contribution in [0.25, 0.3) is 0 Å². The Morgan fingerprint density at radius 1 is 1.43 bits per heavy atom. The molecule has 0 atom stereocenters. The summed E-state index contributed by atoms with van der Waals surface area (Å²) < 4.78 is 38.0. The van der Waals surface area contributed by atoms with Crippen LogP contribution in [-0.4, -0.2) is 29.1 Å². The molecule has 4 nitrogen and oxygen atoms in total. The van der Waals surface area contributed by atoms with Crippen molar-refractivity contribution in [2.24, 2.45) is 5.41 Å². The smallest absolute Gasteiger partial charge is 0.433 e. The fourth-order valence-electron chi connectivity index (χ4n) is 2.62. The van der Waals surface area contributed by atoms with Crippen molar-refractivity contribution >= 4 is 11.7 Å². The van der Waals surface area contributed by atoms with E-state index >= 15 is 0 Å². The minimum Gasteiger partial charge on any atom is -0.481 e. The number of carbonyl (C=O) groups is 1. The lowest BCUT2D eigenvalue weighted by molar-refractivity contribution is -0.141. The van der Waals surface area contributed by atoms with Crippen molar-refractivity contribution in [3.05, 3.63) is 24.0 Å². The van der Waals surface area contributed by atoms with E-state index in [0.717, 1.165) is 12.3 Å². The van der Waals surface area contributed by atoms with Gasteiger partial charge in [-0.2, -0.15) is 13.2 Å². The molecule has 2 heterocycles. The summed E-state index contributed by atoms with van der Waals surface area (Å²) in [6, 6.07) is 2.59. The predicted molar refractivity (Wildman–Crippen MR) is 71.0 cm³/mol. The number of hydrogen-bond donors (Lipinski definition) is 1. The third kappa shape index (κ3) is 3.86. The Balaban J connectivity index is 2.07.